The average Bonchev–Trinajstić information content (AvgIpc) is 3.40. The molecule has 0 bridgehead atoms. The van der Waals surface area contributed by atoms with E-state index < -0.39 is 0 Å². The van der Waals surface area contributed by atoms with Gasteiger partial charge in [0.15, 0.2) is 5.96 Å². The van der Waals surface area contributed by atoms with Crippen molar-refractivity contribution in [2.24, 2.45) is 4.99 Å². The van der Waals surface area contributed by atoms with Gasteiger partial charge in [0.2, 0.25) is 0 Å². The van der Waals surface area contributed by atoms with E-state index in [-0.39, 0.29) is 11.9 Å². The second-order valence-electron chi connectivity index (χ2n) is 7.28. The number of thiophene rings is 1. The summed E-state index contributed by atoms with van der Waals surface area (Å²) in [6.07, 6.45) is 0. The second kappa shape index (κ2) is 9.59. The van der Waals surface area contributed by atoms with Crippen molar-refractivity contribution >= 4 is 28.3 Å². The number of hydrogen-bond donors (Lipinski definition) is 2. The Morgan fingerprint density at radius 2 is 2.10 bits per heavy atom. The first kappa shape index (κ1) is 20.8. The van der Waals surface area contributed by atoms with Crippen molar-refractivity contribution in [2.75, 3.05) is 39.9 Å². The van der Waals surface area contributed by atoms with Gasteiger partial charge in [-0.3, -0.25) is 9.89 Å². The van der Waals surface area contributed by atoms with Gasteiger partial charge in [0.1, 0.15) is 17.2 Å². The molecule has 2 aromatic heterocycles. The molecule has 3 aromatic rings. The maximum absolute atomic E-state index is 13.5. The van der Waals surface area contributed by atoms with Crippen LogP contribution in [0.1, 0.15) is 22.2 Å². The van der Waals surface area contributed by atoms with E-state index in [2.05, 4.69) is 38.0 Å². The van der Waals surface area contributed by atoms with Crippen molar-refractivity contribution in [3.05, 3.63) is 57.7 Å². The Bertz CT molecular complexity index is 996. The Morgan fingerprint density at radius 1 is 1.27 bits per heavy atom. The fourth-order valence-electron chi connectivity index (χ4n) is 3.77. The number of fused-ring (bicyclic) bond motifs is 1. The summed E-state index contributed by atoms with van der Waals surface area (Å²) in [4.78, 5) is 8.13. The first-order valence-electron chi connectivity index (χ1n) is 10.1. The van der Waals surface area contributed by atoms with Gasteiger partial charge >= 0.3 is 0 Å². The lowest BCUT2D eigenvalue weighted by Gasteiger charge is -2.34. The van der Waals surface area contributed by atoms with E-state index in [1.165, 1.54) is 17.0 Å². The molecule has 0 amide bonds. The Kier molecular flexibility index (Phi) is 6.66. The third-order valence-corrected chi connectivity index (χ3v) is 6.43. The standard InChI is InChI=1S/C22H27FN4O2S/c1-15-17-12-16(23)5-6-19(17)29-20(15)14-26-22(24-2)25-13-18(21-4-3-11-30-21)27-7-9-28-10-8-27/h3-6,11-12,18H,7-10,13-14H2,1-2H3,(H2,24,25,26). The van der Waals surface area contributed by atoms with E-state index in [4.69, 9.17) is 9.15 Å². The molecule has 160 valence electrons. The summed E-state index contributed by atoms with van der Waals surface area (Å²) in [5.41, 5.74) is 1.64. The van der Waals surface area contributed by atoms with Crippen LogP contribution in [0.25, 0.3) is 11.0 Å². The van der Waals surface area contributed by atoms with E-state index in [0.717, 1.165) is 49.6 Å². The van der Waals surface area contributed by atoms with Gasteiger partial charge < -0.3 is 19.8 Å². The first-order valence-corrected chi connectivity index (χ1v) is 11.0. The average molecular weight is 431 g/mol. The van der Waals surface area contributed by atoms with Crippen LogP contribution in [0.2, 0.25) is 0 Å². The van der Waals surface area contributed by atoms with Crippen LogP contribution in [0.15, 0.2) is 45.1 Å². The van der Waals surface area contributed by atoms with E-state index in [1.807, 2.05) is 6.92 Å². The highest BCUT2D eigenvalue weighted by atomic mass is 32.1. The zero-order valence-electron chi connectivity index (χ0n) is 17.3. The van der Waals surface area contributed by atoms with E-state index in [0.29, 0.717) is 18.1 Å². The quantitative estimate of drug-likeness (QED) is 0.461. The number of aryl methyl sites for hydroxylation is 1. The highest BCUT2D eigenvalue weighted by Crippen LogP contribution is 2.27. The number of morpholine rings is 1. The number of ether oxygens (including phenoxy) is 1. The molecule has 1 unspecified atom stereocenters. The van der Waals surface area contributed by atoms with Crippen molar-refractivity contribution in [3.63, 3.8) is 0 Å². The van der Waals surface area contributed by atoms with E-state index in [1.54, 1.807) is 24.5 Å². The molecule has 1 aromatic carbocycles. The monoisotopic (exact) mass is 430 g/mol. The number of nitrogens with one attached hydrogen (secondary N) is 2. The molecule has 1 aliphatic heterocycles. The molecule has 1 atom stereocenters. The molecule has 6 nitrogen and oxygen atoms in total. The van der Waals surface area contributed by atoms with Crippen LogP contribution in [0.5, 0.6) is 0 Å². The fourth-order valence-corrected chi connectivity index (χ4v) is 4.63. The highest BCUT2D eigenvalue weighted by molar-refractivity contribution is 7.10. The molecule has 3 heterocycles. The maximum Gasteiger partial charge on any atom is 0.191 e. The summed E-state index contributed by atoms with van der Waals surface area (Å²) >= 11 is 1.77. The van der Waals surface area contributed by atoms with Crippen LogP contribution in [-0.2, 0) is 11.3 Å². The number of halogens is 1. The molecular formula is C22H27FN4O2S. The lowest BCUT2D eigenvalue weighted by atomic mass is 10.1. The van der Waals surface area contributed by atoms with Crippen molar-refractivity contribution < 1.29 is 13.5 Å². The molecule has 4 rings (SSSR count). The van der Waals surface area contributed by atoms with Gasteiger partial charge in [-0.15, -0.1) is 11.3 Å². The molecule has 30 heavy (non-hydrogen) atoms. The molecule has 0 aliphatic carbocycles. The van der Waals surface area contributed by atoms with Crippen LogP contribution in [0.3, 0.4) is 0 Å². The minimum absolute atomic E-state index is 0.258. The third kappa shape index (κ3) is 4.66. The van der Waals surface area contributed by atoms with Gasteiger partial charge in [-0.25, -0.2) is 4.39 Å². The van der Waals surface area contributed by atoms with Gasteiger partial charge in [-0.1, -0.05) is 6.07 Å². The van der Waals surface area contributed by atoms with Crippen LogP contribution in [-0.4, -0.2) is 50.8 Å². The zero-order valence-corrected chi connectivity index (χ0v) is 18.1. The summed E-state index contributed by atoms with van der Waals surface area (Å²) in [5, 5.41) is 9.69. The Labute approximate surface area is 179 Å². The van der Waals surface area contributed by atoms with Crippen molar-refractivity contribution in [3.8, 4) is 0 Å². The zero-order chi connectivity index (χ0) is 20.9. The third-order valence-electron chi connectivity index (χ3n) is 5.46. The summed E-state index contributed by atoms with van der Waals surface area (Å²) in [6, 6.07) is 9.14. The normalized spacial score (nSPS) is 16.7. The Morgan fingerprint density at radius 3 is 2.83 bits per heavy atom. The fraction of sp³-hybridized carbons (Fsp3) is 0.409. The van der Waals surface area contributed by atoms with Crippen LogP contribution in [0.4, 0.5) is 4.39 Å². The Balaban J connectivity index is 1.40. The second-order valence-corrected chi connectivity index (χ2v) is 8.26. The molecule has 1 aliphatic rings. The van der Waals surface area contributed by atoms with Crippen LogP contribution in [0, 0.1) is 12.7 Å². The van der Waals surface area contributed by atoms with Gasteiger partial charge in [-0.05, 0) is 36.6 Å². The topological polar surface area (TPSA) is 62.0 Å². The van der Waals surface area contributed by atoms with E-state index in [9.17, 15) is 4.39 Å². The van der Waals surface area contributed by atoms with Gasteiger partial charge in [0.25, 0.3) is 0 Å². The number of aliphatic imine (C=N–C) groups is 1. The van der Waals surface area contributed by atoms with Gasteiger partial charge in [0.05, 0.1) is 25.8 Å². The number of hydrogen-bond acceptors (Lipinski definition) is 5. The van der Waals surface area contributed by atoms with Crippen LogP contribution >= 0.6 is 11.3 Å². The Hall–Kier alpha value is -2.42. The van der Waals surface area contributed by atoms with Gasteiger partial charge in [0, 0.05) is 42.5 Å². The lowest BCUT2D eigenvalue weighted by molar-refractivity contribution is 0.0177. The maximum atomic E-state index is 13.5. The number of furan rings is 1. The molecule has 2 N–H and O–H groups in total. The molecule has 1 fully saturated rings. The smallest absolute Gasteiger partial charge is 0.191 e. The number of nitrogens with zero attached hydrogens (tertiary/aromatic N) is 2. The summed E-state index contributed by atoms with van der Waals surface area (Å²) < 4.78 is 25.0. The molecule has 0 radical (unpaired) electrons. The summed E-state index contributed by atoms with van der Waals surface area (Å²) in [7, 11) is 1.76. The summed E-state index contributed by atoms with van der Waals surface area (Å²) in [5.74, 6) is 1.23. The SMILES string of the molecule is CN=C(NCc1oc2ccc(F)cc2c1C)NCC(c1cccs1)N1CCOCC1. The lowest BCUT2D eigenvalue weighted by Crippen LogP contribution is -2.46. The van der Waals surface area contributed by atoms with Crippen molar-refractivity contribution in [1.82, 2.24) is 15.5 Å². The number of benzene rings is 1. The summed E-state index contributed by atoms with van der Waals surface area (Å²) in [6.45, 7) is 6.54. The molecule has 0 saturated carbocycles. The predicted molar refractivity (Wildman–Crippen MR) is 119 cm³/mol. The molecule has 0 spiro atoms. The van der Waals surface area contributed by atoms with Crippen LogP contribution < -0.4 is 10.6 Å². The molecule has 8 heteroatoms. The van der Waals surface area contributed by atoms with Crippen molar-refractivity contribution in [2.45, 2.75) is 19.5 Å². The largest absolute Gasteiger partial charge is 0.459 e. The molecule has 1 saturated heterocycles. The number of rotatable bonds is 6. The molecular weight excluding hydrogens is 403 g/mol. The number of guanidine groups is 1. The van der Waals surface area contributed by atoms with Gasteiger partial charge in [-0.2, -0.15) is 0 Å². The van der Waals surface area contributed by atoms with Crippen molar-refractivity contribution in [1.29, 1.82) is 0 Å². The first-order chi connectivity index (χ1) is 14.7. The predicted octanol–water partition coefficient (Wildman–Crippen LogP) is 3.68. The minimum Gasteiger partial charge on any atom is -0.459 e. The van der Waals surface area contributed by atoms with E-state index >= 15 is 0 Å². The minimum atomic E-state index is -0.258. The highest BCUT2D eigenvalue weighted by Gasteiger charge is 2.23.